The fourth-order valence-electron chi connectivity index (χ4n) is 2.84. The lowest BCUT2D eigenvalue weighted by Gasteiger charge is -2.09. The molecule has 0 heterocycles. The van der Waals surface area contributed by atoms with Gasteiger partial charge < -0.3 is 14.8 Å². The van der Waals surface area contributed by atoms with Crippen molar-refractivity contribution in [1.82, 2.24) is 0 Å². The lowest BCUT2D eigenvalue weighted by Crippen LogP contribution is -2.17. The number of carbonyl (C=O) groups excluding carboxylic acids is 3. The fourth-order valence-corrected chi connectivity index (χ4v) is 2.84. The van der Waals surface area contributed by atoms with E-state index in [-0.39, 0.29) is 31.1 Å². The van der Waals surface area contributed by atoms with E-state index in [1.54, 1.807) is 36.4 Å². The molecular weight excluding hydrogens is 370 g/mol. The smallest absolute Gasteiger partial charge is 0.306 e. The lowest BCUT2D eigenvalue weighted by atomic mass is 10.0. The topological polar surface area (TPSA) is 81.7 Å². The number of anilines is 1. The van der Waals surface area contributed by atoms with Crippen molar-refractivity contribution in [3.05, 3.63) is 72.3 Å². The van der Waals surface area contributed by atoms with Gasteiger partial charge in [0.25, 0.3) is 0 Å². The van der Waals surface area contributed by atoms with E-state index in [1.807, 2.05) is 30.3 Å². The van der Waals surface area contributed by atoms with Crippen molar-refractivity contribution in [3.63, 3.8) is 0 Å². The van der Waals surface area contributed by atoms with Gasteiger partial charge in [-0.1, -0.05) is 48.5 Å². The largest absolute Gasteiger partial charge is 0.495 e. The summed E-state index contributed by atoms with van der Waals surface area (Å²) in [6.07, 6.45) is -0.174. The highest BCUT2D eigenvalue weighted by molar-refractivity contribution is 6.01. The molecule has 0 aliphatic rings. The number of fused-ring (bicyclic) bond motifs is 1. The molecule has 3 aromatic rings. The van der Waals surface area contributed by atoms with Gasteiger partial charge in [0.15, 0.2) is 12.4 Å². The molecule has 29 heavy (non-hydrogen) atoms. The van der Waals surface area contributed by atoms with Crippen LogP contribution in [0.4, 0.5) is 5.69 Å². The number of ketones is 1. The maximum Gasteiger partial charge on any atom is 0.306 e. The SMILES string of the molecule is COc1ccccc1NC(=O)CCC(=O)OCC(=O)c1ccc2ccccc2c1. The number of ether oxygens (including phenoxy) is 2. The molecule has 1 amide bonds. The number of Topliss-reactive ketones (excluding diaryl/α,β-unsaturated/α-hetero) is 1. The molecule has 0 radical (unpaired) electrons. The fraction of sp³-hybridized carbons (Fsp3) is 0.174. The quantitative estimate of drug-likeness (QED) is 0.464. The van der Waals surface area contributed by atoms with Crippen molar-refractivity contribution in [2.75, 3.05) is 19.0 Å². The number of amides is 1. The molecule has 0 bridgehead atoms. The summed E-state index contributed by atoms with van der Waals surface area (Å²) in [7, 11) is 1.51. The van der Waals surface area contributed by atoms with E-state index < -0.39 is 5.97 Å². The minimum atomic E-state index is -0.602. The van der Waals surface area contributed by atoms with Crippen LogP contribution in [0, 0.1) is 0 Å². The maximum atomic E-state index is 12.3. The minimum Gasteiger partial charge on any atom is -0.495 e. The number of rotatable bonds is 8. The zero-order valence-electron chi connectivity index (χ0n) is 16.0. The van der Waals surface area contributed by atoms with Crippen LogP contribution in [0.1, 0.15) is 23.2 Å². The molecule has 148 valence electrons. The standard InChI is InChI=1S/C23H21NO5/c1-28-21-9-5-4-8-19(21)24-22(26)12-13-23(27)29-15-20(25)18-11-10-16-6-2-3-7-17(16)14-18/h2-11,14H,12-13,15H2,1H3,(H,24,26). The summed E-state index contributed by atoms with van der Waals surface area (Å²) in [5.41, 5.74) is 1.00. The molecule has 0 fully saturated rings. The van der Waals surface area contributed by atoms with E-state index in [9.17, 15) is 14.4 Å². The van der Waals surface area contributed by atoms with Crippen LogP contribution in [0.5, 0.6) is 5.75 Å². The van der Waals surface area contributed by atoms with E-state index in [4.69, 9.17) is 9.47 Å². The monoisotopic (exact) mass is 391 g/mol. The molecule has 1 N–H and O–H groups in total. The first-order valence-corrected chi connectivity index (χ1v) is 9.17. The molecule has 3 rings (SSSR count). The lowest BCUT2D eigenvalue weighted by molar-refractivity contribution is -0.143. The normalized spacial score (nSPS) is 10.4. The Kier molecular flexibility index (Phi) is 6.58. The first kappa shape index (κ1) is 20.1. The average molecular weight is 391 g/mol. The van der Waals surface area contributed by atoms with E-state index in [2.05, 4.69) is 5.32 Å². The van der Waals surface area contributed by atoms with Gasteiger partial charge in [-0.25, -0.2) is 0 Å². The molecule has 0 unspecified atom stereocenters. The van der Waals surface area contributed by atoms with Crippen molar-refractivity contribution in [1.29, 1.82) is 0 Å². The highest BCUT2D eigenvalue weighted by Crippen LogP contribution is 2.23. The molecule has 3 aromatic carbocycles. The number of methoxy groups -OCH3 is 1. The van der Waals surface area contributed by atoms with Crippen molar-refractivity contribution in [3.8, 4) is 5.75 Å². The second-order valence-corrected chi connectivity index (χ2v) is 6.39. The number of hydrogen-bond donors (Lipinski definition) is 1. The van der Waals surface area contributed by atoms with Crippen molar-refractivity contribution < 1.29 is 23.9 Å². The third kappa shape index (κ3) is 5.42. The Morgan fingerprint density at radius 3 is 2.38 bits per heavy atom. The summed E-state index contributed by atoms with van der Waals surface area (Å²) >= 11 is 0. The molecule has 0 atom stereocenters. The number of para-hydroxylation sites is 2. The Balaban J connectivity index is 1.46. The van der Waals surface area contributed by atoms with Gasteiger partial charge in [-0.2, -0.15) is 0 Å². The van der Waals surface area contributed by atoms with E-state index >= 15 is 0 Å². The average Bonchev–Trinajstić information content (AvgIpc) is 2.76. The Labute approximate surface area is 168 Å². The zero-order valence-corrected chi connectivity index (χ0v) is 16.0. The Hall–Kier alpha value is -3.67. The molecule has 0 aliphatic carbocycles. The molecule has 0 saturated heterocycles. The third-order valence-electron chi connectivity index (χ3n) is 4.37. The van der Waals surface area contributed by atoms with Gasteiger partial charge in [0.2, 0.25) is 5.91 Å². The van der Waals surface area contributed by atoms with Gasteiger partial charge >= 0.3 is 5.97 Å². The Morgan fingerprint density at radius 1 is 0.862 bits per heavy atom. The molecule has 0 saturated carbocycles. The van der Waals surface area contributed by atoms with Crippen LogP contribution in [0.15, 0.2) is 66.7 Å². The second kappa shape index (κ2) is 9.50. The predicted octanol–water partition coefficient (Wildman–Crippen LogP) is 3.99. The highest BCUT2D eigenvalue weighted by atomic mass is 16.5. The zero-order chi connectivity index (χ0) is 20.6. The molecular formula is C23H21NO5. The Morgan fingerprint density at radius 2 is 1.59 bits per heavy atom. The third-order valence-corrected chi connectivity index (χ3v) is 4.37. The summed E-state index contributed by atoms with van der Waals surface area (Å²) in [4.78, 5) is 36.2. The van der Waals surface area contributed by atoms with Crippen LogP contribution in [-0.2, 0) is 14.3 Å². The molecule has 6 nitrogen and oxygen atoms in total. The molecule has 0 aliphatic heterocycles. The Bertz CT molecular complexity index is 1040. The molecule has 6 heteroatoms. The summed E-state index contributed by atoms with van der Waals surface area (Å²) in [6.45, 7) is -0.356. The first-order valence-electron chi connectivity index (χ1n) is 9.17. The van der Waals surface area contributed by atoms with Gasteiger partial charge in [-0.15, -0.1) is 0 Å². The number of esters is 1. The molecule has 0 aromatic heterocycles. The van der Waals surface area contributed by atoms with Crippen molar-refractivity contribution in [2.24, 2.45) is 0 Å². The number of carbonyl (C=O) groups is 3. The van der Waals surface area contributed by atoms with Gasteiger partial charge in [0.1, 0.15) is 5.75 Å². The number of benzene rings is 3. The van der Waals surface area contributed by atoms with Crippen LogP contribution in [-0.4, -0.2) is 31.4 Å². The number of nitrogens with one attached hydrogen (secondary N) is 1. The van der Waals surface area contributed by atoms with Gasteiger partial charge in [-0.3, -0.25) is 14.4 Å². The first-order chi connectivity index (χ1) is 14.1. The van der Waals surface area contributed by atoms with E-state index in [1.165, 1.54) is 7.11 Å². The van der Waals surface area contributed by atoms with Crippen LogP contribution >= 0.6 is 0 Å². The van der Waals surface area contributed by atoms with Crippen molar-refractivity contribution in [2.45, 2.75) is 12.8 Å². The van der Waals surface area contributed by atoms with Gasteiger partial charge in [-0.05, 0) is 29.0 Å². The van der Waals surface area contributed by atoms with Gasteiger partial charge in [0.05, 0.1) is 19.2 Å². The van der Waals surface area contributed by atoms with Crippen LogP contribution in [0.25, 0.3) is 10.8 Å². The maximum absolute atomic E-state index is 12.3. The van der Waals surface area contributed by atoms with E-state index in [0.29, 0.717) is 17.0 Å². The van der Waals surface area contributed by atoms with Crippen molar-refractivity contribution >= 4 is 34.1 Å². The minimum absolute atomic E-state index is 0.0545. The van der Waals surface area contributed by atoms with Crippen LogP contribution in [0.2, 0.25) is 0 Å². The van der Waals surface area contributed by atoms with Gasteiger partial charge in [0, 0.05) is 12.0 Å². The summed E-state index contributed by atoms with van der Waals surface area (Å²) in [5.74, 6) is -0.700. The summed E-state index contributed by atoms with van der Waals surface area (Å²) in [5, 5.41) is 4.66. The summed E-state index contributed by atoms with van der Waals surface area (Å²) < 4.78 is 10.2. The van der Waals surface area contributed by atoms with Crippen LogP contribution in [0.3, 0.4) is 0 Å². The molecule has 0 spiro atoms. The van der Waals surface area contributed by atoms with Crippen LogP contribution < -0.4 is 10.1 Å². The highest BCUT2D eigenvalue weighted by Gasteiger charge is 2.13. The number of hydrogen-bond acceptors (Lipinski definition) is 5. The predicted molar refractivity (Wildman–Crippen MR) is 110 cm³/mol. The second-order valence-electron chi connectivity index (χ2n) is 6.39. The summed E-state index contributed by atoms with van der Waals surface area (Å²) in [6, 6.07) is 20.0. The van der Waals surface area contributed by atoms with E-state index in [0.717, 1.165) is 10.8 Å².